The second-order valence-electron chi connectivity index (χ2n) is 4.23. The van der Waals surface area contributed by atoms with Crippen molar-refractivity contribution in [3.8, 4) is 0 Å². The van der Waals surface area contributed by atoms with Gasteiger partial charge >= 0.3 is 5.97 Å². The van der Waals surface area contributed by atoms with E-state index in [0.717, 1.165) is 0 Å². The Hall–Kier alpha value is -0.690. The summed E-state index contributed by atoms with van der Waals surface area (Å²) in [5.41, 5.74) is 4.86. The Kier molecular flexibility index (Phi) is 9.86. The molecule has 1 unspecified atom stereocenters. The highest BCUT2D eigenvalue weighted by Gasteiger charge is 2.28. The fourth-order valence-electron chi connectivity index (χ4n) is 1.34. The highest BCUT2D eigenvalue weighted by Crippen LogP contribution is 2.10. The molecule has 6 nitrogen and oxygen atoms in total. The monoisotopic (exact) mass is 263 g/mol. The maximum absolute atomic E-state index is 11.3. The lowest BCUT2D eigenvalue weighted by molar-refractivity contribution is -0.146. The standard InChI is InChI=1S/C12H25NO5/c1-12(13,11(14)16-3)5-4-6-17-9-10-18-8-7-15-2/h4-10,13H2,1-3H3. The van der Waals surface area contributed by atoms with E-state index in [-0.39, 0.29) is 0 Å². The van der Waals surface area contributed by atoms with Crippen LogP contribution in [0.1, 0.15) is 19.8 Å². The predicted molar refractivity (Wildman–Crippen MR) is 67.4 cm³/mol. The fourth-order valence-corrected chi connectivity index (χ4v) is 1.34. The van der Waals surface area contributed by atoms with E-state index < -0.39 is 11.5 Å². The van der Waals surface area contributed by atoms with Gasteiger partial charge in [-0.1, -0.05) is 0 Å². The number of esters is 1. The van der Waals surface area contributed by atoms with Gasteiger partial charge in [0.1, 0.15) is 5.54 Å². The zero-order valence-electron chi connectivity index (χ0n) is 11.6. The van der Waals surface area contributed by atoms with E-state index in [1.165, 1.54) is 7.11 Å². The molecule has 1 atom stereocenters. The van der Waals surface area contributed by atoms with Gasteiger partial charge in [-0.05, 0) is 19.8 Å². The topological polar surface area (TPSA) is 80.0 Å². The normalized spacial score (nSPS) is 14.2. The number of carbonyl (C=O) groups is 1. The Labute approximate surface area is 109 Å². The highest BCUT2D eigenvalue weighted by atomic mass is 16.5. The van der Waals surface area contributed by atoms with E-state index in [9.17, 15) is 4.79 Å². The molecule has 0 aromatic heterocycles. The minimum absolute atomic E-state index is 0.398. The molecule has 0 aliphatic carbocycles. The third-order valence-electron chi connectivity index (χ3n) is 2.44. The molecular weight excluding hydrogens is 238 g/mol. The van der Waals surface area contributed by atoms with Crippen molar-refractivity contribution in [2.75, 3.05) is 47.3 Å². The van der Waals surface area contributed by atoms with Crippen LogP contribution in [0.5, 0.6) is 0 Å². The molecule has 0 aromatic carbocycles. The van der Waals surface area contributed by atoms with Gasteiger partial charge in [0, 0.05) is 13.7 Å². The summed E-state index contributed by atoms with van der Waals surface area (Å²) in [4.78, 5) is 11.3. The first-order valence-electron chi connectivity index (χ1n) is 6.06. The number of hydrogen-bond donors (Lipinski definition) is 1. The molecule has 0 aromatic rings. The molecule has 2 N–H and O–H groups in total. The van der Waals surface area contributed by atoms with E-state index in [0.29, 0.717) is 45.9 Å². The first-order valence-corrected chi connectivity index (χ1v) is 6.06. The third-order valence-corrected chi connectivity index (χ3v) is 2.44. The largest absolute Gasteiger partial charge is 0.468 e. The third kappa shape index (κ3) is 8.41. The average Bonchev–Trinajstić information content (AvgIpc) is 2.35. The van der Waals surface area contributed by atoms with Crippen molar-refractivity contribution in [2.24, 2.45) is 5.73 Å². The molecule has 0 heterocycles. The van der Waals surface area contributed by atoms with Crippen LogP contribution in [0.25, 0.3) is 0 Å². The van der Waals surface area contributed by atoms with E-state index in [1.807, 2.05) is 0 Å². The number of carbonyl (C=O) groups excluding carboxylic acids is 1. The van der Waals surface area contributed by atoms with E-state index in [4.69, 9.17) is 19.9 Å². The lowest BCUT2D eigenvalue weighted by atomic mass is 9.98. The van der Waals surface area contributed by atoms with E-state index in [1.54, 1.807) is 14.0 Å². The smallest absolute Gasteiger partial charge is 0.325 e. The van der Waals surface area contributed by atoms with Crippen molar-refractivity contribution < 1.29 is 23.7 Å². The van der Waals surface area contributed by atoms with Crippen LogP contribution in [0.3, 0.4) is 0 Å². The second kappa shape index (κ2) is 10.3. The number of hydrogen-bond acceptors (Lipinski definition) is 6. The SMILES string of the molecule is COCCOCCOCCCC(C)(N)C(=O)OC. The molecule has 0 aliphatic heterocycles. The Morgan fingerprint density at radius 2 is 1.61 bits per heavy atom. The summed E-state index contributed by atoms with van der Waals surface area (Å²) in [6.45, 7) is 4.45. The number of nitrogens with two attached hydrogens (primary N) is 1. The quantitative estimate of drug-likeness (QED) is 0.427. The first-order chi connectivity index (χ1) is 8.54. The zero-order valence-corrected chi connectivity index (χ0v) is 11.6. The van der Waals surface area contributed by atoms with Crippen LogP contribution in [-0.4, -0.2) is 58.8 Å². The number of ether oxygens (including phenoxy) is 4. The lowest BCUT2D eigenvalue weighted by Gasteiger charge is -2.20. The van der Waals surface area contributed by atoms with Gasteiger partial charge in [-0.15, -0.1) is 0 Å². The Balaban J connectivity index is 3.37. The molecule has 0 amide bonds. The molecule has 0 fully saturated rings. The minimum Gasteiger partial charge on any atom is -0.468 e. The van der Waals surface area contributed by atoms with Crippen molar-refractivity contribution in [3.05, 3.63) is 0 Å². The summed E-state index contributed by atoms with van der Waals surface area (Å²) in [7, 11) is 2.96. The molecule has 0 aliphatic rings. The highest BCUT2D eigenvalue weighted by molar-refractivity contribution is 5.79. The van der Waals surface area contributed by atoms with Crippen LogP contribution in [0.2, 0.25) is 0 Å². The fraction of sp³-hybridized carbons (Fsp3) is 0.917. The molecule has 0 spiro atoms. The van der Waals surface area contributed by atoms with Crippen LogP contribution in [0.4, 0.5) is 0 Å². The Morgan fingerprint density at radius 3 is 2.17 bits per heavy atom. The number of rotatable bonds is 11. The number of methoxy groups -OCH3 is 2. The van der Waals surface area contributed by atoms with Crippen LogP contribution in [0.15, 0.2) is 0 Å². The van der Waals surface area contributed by atoms with Gasteiger partial charge in [0.15, 0.2) is 0 Å². The van der Waals surface area contributed by atoms with Crippen LogP contribution >= 0.6 is 0 Å². The molecule has 0 bridgehead atoms. The molecule has 0 saturated carbocycles. The Morgan fingerprint density at radius 1 is 1.06 bits per heavy atom. The van der Waals surface area contributed by atoms with Gasteiger partial charge in [0.2, 0.25) is 0 Å². The van der Waals surface area contributed by atoms with Crippen molar-refractivity contribution in [3.63, 3.8) is 0 Å². The van der Waals surface area contributed by atoms with Gasteiger partial charge in [0.05, 0.1) is 33.5 Å². The summed E-state index contributed by atoms with van der Waals surface area (Å²) in [6, 6.07) is 0. The average molecular weight is 263 g/mol. The Bertz CT molecular complexity index is 221. The van der Waals surface area contributed by atoms with Gasteiger partial charge in [-0.25, -0.2) is 0 Å². The summed E-state index contributed by atoms with van der Waals surface area (Å²) in [6.07, 6.45) is 1.24. The first kappa shape index (κ1) is 17.3. The second-order valence-corrected chi connectivity index (χ2v) is 4.23. The minimum atomic E-state index is -0.937. The summed E-state index contributed by atoms with van der Waals surface area (Å²) < 4.78 is 20.0. The molecule has 6 heteroatoms. The van der Waals surface area contributed by atoms with Crippen molar-refractivity contribution >= 4 is 5.97 Å². The van der Waals surface area contributed by atoms with Crippen molar-refractivity contribution in [2.45, 2.75) is 25.3 Å². The maximum atomic E-state index is 11.3. The van der Waals surface area contributed by atoms with Gasteiger partial charge < -0.3 is 24.7 Å². The summed E-state index contributed by atoms with van der Waals surface area (Å²) in [5.74, 6) is -0.398. The predicted octanol–water partition coefficient (Wildman–Crippen LogP) is 0.337. The molecule has 18 heavy (non-hydrogen) atoms. The van der Waals surface area contributed by atoms with Crippen molar-refractivity contribution in [1.82, 2.24) is 0 Å². The maximum Gasteiger partial charge on any atom is 0.325 e. The van der Waals surface area contributed by atoms with Crippen molar-refractivity contribution in [1.29, 1.82) is 0 Å². The summed E-state index contributed by atoms with van der Waals surface area (Å²) >= 11 is 0. The molecular formula is C12H25NO5. The van der Waals surface area contributed by atoms with Gasteiger partial charge in [-0.2, -0.15) is 0 Å². The van der Waals surface area contributed by atoms with Gasteiger partial charge in [0.25, 0.3) is 0 Å². The summed E-state index contributed by atoms with van der Waals surface area (Å²) in [5, 5.41) is 0. The van der Waals surface area contributed by atoms with E-state index >= 15 is 0 Å². The lowest BCUT2D eigenvalue weighted by Crippen LogP contribution is -2.45. The molecule has 0 radical (unpaired) electrons. The van der Waals surface area contributed by atoms with Crippen LogP contribution in [-0.2, 0) is 23.7 Å². The molecule has 0 saturated heterocycles. The van der Waals surface area contributed by atoms with Gasteiger partial charge in [-0.3, -0.25) is 4.79 Å². The van der Waals surface area contributed by atoms with Crippen LogP contribution < -0.4 is 5.73 Å². The van der Waals surface area contributed by atoms with Crippen LogP contribution in [0, 0.1) is 0 Å². The molecule has 0 rings (SSSR count). The van der Waals surface area contributed by atoms with E-state index in [2.05, 4.69) is 4.74 Å². The molecule has 108 valence electrons. The zero-order chi connectivity index (χ0) is 13.9.